The molecular formula is C20H23N7O2. The molecule has 0 bridgehead atoms. The Labute approximate surface area is 168 Å². The second-order valence-corrected chi connectivity index (χ2v) is 6.88. The molecule has 0 radical (unpaired) electrons. The fourth-order valence-electron chi connectivity index (χ4n) is 3.14. The summed E-state index contributed by atoms with van der Waals surface area (Å²) in [7, 11) is 0. The van der Waals surface area contributed by atoms with Gasteiger partial charge in [0, 0.05) is 18.8 Å². The Morgan fingerprint density at radius 3 is 2.66 bits per heavy atom. The van der Waals surface area contributed by atoms with Crippen molar-refractivity contribution in [3.8, 4) is 5.82 Å². The Bertz CT molecular complexity index is 1010. The van der Waals surface area contributed by atoms with E-state index in [2.05, 4.69) is 30.6 Å². The van der Waals surface area contributed by atoms with E-state index in [1.807, 2.05) is 32.0 Å². The van der Waals surface area contributed by atoms with Crippen molar-refractivity contribution in [1.82, 2.24) is 19.7 Å². The van der Waals surface area contributed by atoms with Gasteiger partial charge in [-0.1, -0.05) is 6.07 Å². The van der Waals surface area contributed by atoms with Gasteiger partial charge in [0.25, 0.3) is 0 Å². The normalized spacial score (nSPS) is 13.9. The average molecular weight is 393 g/mol. The van der Waals surface area contributed by atoms with E-state index < -0.39 is 0 Å². The zero-order chi connectivity index (χ0) is 20.2. The van der Waals surface area contributed by atoms with Crippen LogP contribution in [0.5, 0.6) is 0 Å². The zero-order valence-electron chi connectivity index (χ0n) is 16.4. The molecule has 3 heterocycles. The fraction of sp³-hybridized carbons (Fsp3) is 0.300. The summed E-state index contributed by atoms with van der Waals surface area (Å²) in [6.07, 6.45) is 6.58. The highest BCUT2D eigenvalue weighted by Crippen LogP contribution is 2.23. The van der Waals surface area contributed by atoms with Gasteiger partial charge in [-0.3, -0.25) is 0 Å². The summed E-state index contributed by atoms with van der Waals surface area (Å²) < 4.78 is 7.05. The summed E-state index contributed by atoms with van der Waals surface area (Å²) in [5.41, 5.74) is 4.49. The highest BCUT2D eigenvalue weighted by atomic mass is 16.5. The lowest BCUT2D eigenvalue weighted by atomic mass is 10.1. The fourth-order valence-corrected chi connectivity index (χ4v) is 3.14. The number of carbonyl (C=O) groups is 1. The van der Waals surface area contributed by atoms with Crippen molar-refractivity contribution in [2.45, 2.75) is 13.8 Å². The summed E-state index contributed by atoms with van der Waals surface area (Å²) in [5, 5.41) is 9.99. The number of amides is 2. The van der Waals surface area contributed by atoms with Crippen molar-refractivity contribution < 1.29 is 9.53 Å². The number of morpholine rings is 1. The third kappa shape index (κ3) is 4.35. The van der Waals surface area contributed by atoms with Gasteiger partial charge < -0.3 is 20.3 Å². The molecule has 1 fully saturated rings. The van der Waals surface area contributed by atoms with Crippen LogP contribution in [0.1, 0.15) is 11.1 Å². The molecule has 1 aliphatic heterocycles. The van der Waals surface area contributed by atoms with Crippen LogP contribution in [0.3, 0.4) is 0 Å². The summed E-state index contributed by atoms with van der Waals surface area (Å²) in [5.74, 6) is 0.657. The SMILES string of the molecule is Cc1ccc(NC(=O)Nc2cnn(-c3ncncc3N3CCOCC3)c2)cc1C. The quantitative estimate of drug-likeness (QED) is 0.707. The molecule has 150 valence electrons. The van der Waals surface area contributed by atoms with Gasteiger partial charge in [-0.15, -0.1) is 0 Å². The molecule has 0 unspecified atom stereocenters. The van der Waals surface area contributed by atoms with Crippen molar-refractivity contribution in [2.24, 2.45) is 0 Å². The van der Waals surface area contributed by atoms with Crippen LogP contribution in [0.2, 0.25) is 0 Å². The van der Waals surface area contributed by atoms with Crippen LogP contribution in [0, 0.1) is 13.8 Å². The van der Waals surface area contributed by atoms with Crippen molar-refractivity contribution in [1.29, 1.82) is 0 Å². The number of ether oxygens (including phenoxy) is 1. The number of hydrogen-bond donors (Lipinski definition) is 2. The third-order valence-corrected chi connectivity index (χ3v) is 4.85. The van der Waals surface area contributed by atoms with Gasteiger partial charge in [-0.05, 0) is 37.1 Å². The van der Waals surface area contributed by atoms with Gasteiger partial charge >= 0.3 is 6.03 Å². The molecule has 1 aliphatic rings. The lowest BCUT2D eigenvalue weighted by Crippen LogP contribution is -2.37. The molecule has 0 atom stereocenters. The zero-order valence-corrected chi connectivity index (χ0v) is 16.4. The van der Waals surface area contributed by atoms with Crippen LogP contribution >= 0.6 is 0 Å². The number of benzene rings is 1. The van der Waals surface area contributed by atoms with E-state index in [0.29, 0.717) is 24.7 Å². The summed E-state index contributed by atoms with van der Waals surface area (Å²) in [6, 6.07) is 5.46. The Morgan fingerprint density at radius 2 is 1.86 bits per heavy atom. The minimum Gasteiger partial charge on any atom is -0.378 e. The number of anilines is 3. The van der Waals surface area contributed by atoms with Crippen molar-refractivity contribution >= 4 is 23.1 Å². The molecule has 4 rings (SSSR count). The second kappa shape index (κ2) is 8.27. The molecule has 2 amide bonds. The minimum atomic E-state index is -0.330. The second-order valence-electron chi connectivity index (χ2n) is 6.88. The van der Waals surface area contributed by atoms with Crippen molar-refractivity contribution in [2.75, 3.05) is 41.8 Å². The Kier molecular flexibility index (Phi) is 5.39. The van der Waals surface area contributed by atoms with Crippen LogP contribution in [0.25, 0.3) is 5.82 Å². The van der Waals surface area contributed by atoms with Gasteiger partial charge in [0.1, 0.15) is 12.0 Å². The minimum absolute atomic E-state index is 0.330. The monoisotopic (exact) mass is 393 g/mol. The number of carbonyl (C=O) groups excluding carboxylic acids is 1. The molecule has 1 aromatic carbocycles. The van der Waals surface area contributed by atoms with E-state index in [1.165, 1.54) is 11.9 Å². The van der Waals surface area contributed by atoms with Gasteiger partial charge in [0.15, 0.2) is 5.82 Å². The molecule has 2 N–H and O–H groups in total. The van der Waals surface area contributed by atoms with E-state index in [4.69, 9.17) is 4.74 Å². The maximum atomic E-state index is 12.3. The first-order chi connectivity index (χ1) is 14.1. The maximum Gasteiger partial charge on any atom is 0.323 e. The lowest BCUT2D eigenvalue weighted by molar-refractivity contribution is 0.122. The molecule has 9 heteroatoms. The standard InChI is InChI=1S/C20H23N7O2/c1-14-3-4-16(9-15(14)2)24-20(28)25-17-10-23-27(12-17)19-18(11-21-13-22-19)26-5-7-29-8-6-26/h3-4,9-13H,5-8H2,1-2H3,(H2,24,25,28). The molecule has 1 saturated heterocycles. The van der Waals surface area contributed by atoms with Crippen LogP contribution in [-0.4, -0.2) is 52.1 Å². The molecule has 0 saturated carbocycles. The maximum absolute atomic E-state index is 12.3. The first kappa shape index (κ1) is 18.9. The molecule has 2 aromatic heterocycles. The first-order valence-electron chi connectivity index (χ1n) is 9.43. The van der Waals surface area contributed by atoms with Crippen LogP contribution < -0.4 is 15.5 Å². The van der Waals surface area contributed by atoms with E-state index >= 15 is 0 Å². The van der Waals surface area contributed by atoms with E-state index in [-0.39, 0.29) is 6.03 Å². The number of urea groups is 1. The molecule has 29 heavy (non-hydrogen) atoms. The molecule has 0 aliphatic carbocycles. The highest BCUT2D eigenvalue weighted by molar-refractivity contribution is 5.99. The summed E-state index contributed by atoms with van der Waals surface area (Å²) >= 11 is 0. The Hall–Kier alpha value is -3.46. The summed E-state index contributed by atoms with van der Waals surface area (Å²) in [4.78, 5) is 23.0. The lowest BCUT2D eigenvalue weighted by Gasteiger charge is -2.29. The van der Waals surface area contributed by atoms with Gasteiger partial charge in [-0.2, -0.15) is 5.10 Å². The van der Waals surface area contributed by atoms with Crippen LogP contribution in [0.15, 0.2) is 43.1 Å². The van der Waals surface area contributed by atoms with Crippen LogP contribution in [-0.2, 0) is 4.74 Å². The molecule has 3 aromatic rings. The van der Waals surface area contributed by atoms with Crippen molar-refractivity contribution in [3.63, 3.8) is 0 Å². The number of nitrogens with one attached hydrogen (secondary N) is 2. The number of aryl methyl sites for hydroxylation is 2. The molecule has 0 spiro atoms. The van der Waals surface area contributed by atoms with E-state index in [9.17, 15) is 4.79 Å². The van der Waals surface area contributed by atoms with E-state index in [0.717, 1.165) is 30.0 Å². The number of aromatic nitrogens is 4. The number of nitrogens with zero attached hydrogens (tertiary/aromatic N) is 5. The predicted molar refractivity (Wildman–Crippen MR) is 111 cm³/mol. The van der Waals surface area contributed by atoms with Gasteiger partial charge in [0.2, 0.25) is 0 Å². The first-order valence-corrected chi connectivity index (χ1v) is 9.43. The Morgan fingerprint density at radius 1 is 1.07 bits per heavy atom. The number of hydrogen-bond acceptors (Lipinski definition) is 6. The topological polar surface area (TPSA) is 97.2 Å². The largest absolute Gasteiger partial charge is 0.378 e. The predicted octanol–water partition coefficient (Wildman–Crippen LogP) is 2.76. The Balaban J connectivity index is 1.47. The third-order valence-electron chi connectivity index (χ3n) is 4.85. The summed E-state index contributed by atoms with van der Waals surface area (Å²) in [6.45, 7) is 6.91. The van der Waals surface area contributed by atoms with Crippen LogP contribution in [0.4, 0.5) is 21.9 Å². The van der Waals surface area contributed by atoms with Gasteiger partial charge in [-0.25, -0.2) is 19.4 Å². The van der Waals surface area contributed by atoms with Gasteiger partial charge in [0.05, 0.1) is 37.5 Å². The number of rotatable bonds is 4. The molecule has 9 nitrogen and oxygen atoms in total. The highest BCUT2D eigenvalue weighted by Gasteiger charge is 2.18. The van der Waals surface area contributed by atoms with Crippen molar-refractivity contribution in [3.05, 3.63) is 54.2 Å². The van der Waals surface area contributed by atoms with E-state index in [1.54, 1.807) is 23.3 Å². The molecular weight excluding hydrogens is 370 g/mol. The average Bonchev–Trinajstić information content (AvgIpc) is 3.19. The smallest absolute Gasteiger partial charge is 0.323 e.